The number of aromatic nitrogens is 2. The molecule has 0 saturated carbocycles. The molecule has 0 aliphatic heterocycles. The molecule has 0 bridgehead atoms. The zero-order chi connectivity index (χ0) is 15.2. The van der Waals surface area contributed by atoms with Gasteiger partial charge in [-0.05, 0) is 24.3 Å². The first-order chi connectivity index (χ1) is 10.1. The monoisotopic (exact) mass is 325 g/mol. The average Bonchev–Trinajstić information content (AvgIpc) is 2.49. The summed E-state index contributed by atoms with van der Waals surface area (Å²) in [5.74, 6) is 0.341. The number of para-hydroxylation sites is 1. The van der Waals surface area contributed by atoms with Crippen LogP contribution in [-0.2, 0) is 0 Å². The number of likely N-dealkylation sites (N-methyl/N-ethyl adjacent to an activating group) is 1. The topological polar surface area (TPSA) is 55.3 Å². The number of benzene rings is 1. The summed E-state index contributed by atoms with van der Waals surface area (Å²) in [6.45, 7) is 0.724. The van der Waals surface area contributed by atoms with E-state index in [9.17, 15) is 4.79 Å². The molecule has 0 radical (unpaired) electrons. The number of hydrogen-bond acceptors (Lipinski definition) is 4. The van der Waals surface area contributed by atoms with Crippen molar-refractivity contribution in [3.05, 3.63) is 52.3 Å². The van der Waals surface area contributed by atoms with Gasteiger partial charge in [0.1, 0.15) is 12.4 Å². The van der Waals surface area contributed by atoms with Crippen LogP contribution in [0.25, 0.3) is 0 Å². The summed E-state index contributed by atoms with van der Waals surface area (Å²) in [4.78, 5) is 13.6. The summed E-state index contributed by atoms with van der Waals surface area (Å²) in [6, 6.07) is 10.2. The van der Waals surface area contributed by atoms with Gasteiger partial charge in [-0.3, -0.25) is 4.79 Å². The van der Waals surface area contributed by atoms with Gasteiger partial charge in [-0.25, -0.2) is 0 Å². The molecule has 0 aliphatic carbocycles. The first-order valence-corrected chi connectivity index (χ1v) is 6.95. The molecule has 2 aromatic rings. The zero-order valence-electron chi connectivity index (χ0n) is 11.3. The standard InChI is InChI=1S/C14H13Cl2N3O2/c1-19(14(20)11-6-7-13(16)18-17-11)8-9-21-12-5-3-2-4-10(12)15/h2-7H,8-9H2,1H3. The van der Waals surface area contributed by atoms with Gasteiger partial charge in [0.2, 0.25) is 0 Å². The number of nitrogens with zero attached hydrogens (tertiary/aromatic N) is 3. The highest BCUT2D eigenvalue weighted by Gasteiger charge is 2.13. The Morgan fingerprint density at radius 1 is 1.19 bits per heavy atom. The van der Waals surface area contributed by atoms with Gasteiger partial charge in [-0.1, -0.05) is 35.3 Å². The van der Waals surface area contributed by atoms with Crippen molar-refractivity contribution in [1.29, 1.82) is 0 Å². The molecule has 0 saturated heterocycles. The molecular weight excluding hydrogens is 313 g/mol. The highest BCUT2D eigenvalue weighted by atomic mass is 35.5. The highest BCUT2D eigenvalue weighted by molar-refractivity contribution is 6.32. The minimum absolute atomic E-state index is 0.236. The molecule has 0 aliphatic rings. The minimum Gasteiger partial charge on any atom is -0.490 e. The van der Waals surface area contributed by atoms with Gasteiger partial charge in [0.15, 0.2) is 10.8 Å². The van der Waals surface area contributed by atoms with Gasteiger partial charge in [0.05, 0.1) is 11.6 Å². The third-order valence-corrected chi connectivity index (χ3v) is 3.23. The van der Waals surface area contributed by atoms with E-state index in [1.165, 1.54) is 17.0 Å². The maximum atomic E-state index is 12.1. The molecule has 1 aromatic carbocycles. The van der Waals surface area contributed by atoms with Crippen LogP contribution in [0.15, 0.2) is 36.4 Å². The van der Waals surface area contributed by atoms with Gasteiger partial charge in [0, 0.05) is 7.05 Å². The Morgan fingerprint density at radius 2 is 1.95 bits per heavy atom. The quantitative estimate of drug-likeness (QED) is 0.848. The fourth-order valence-electron chi connectivity index (χ4n) is 1.58. The zero-order valence-corrected chi connectivity index (χ0v) is 12.8. The first-order valence-electron chi connectivity index (χ1n) is 6.20. The van der Waals surface area contributed by atoms with E-state index in [4.69, 9.17) is 27.9 Å². The number of rotatable bonds is 5. The van der Waals surface area contributed by atoms with Crippen LogP contribution < -0.4 is 4.74 Å². The molecule has 0 fully saturated rings. The van der Waals surface area contributed by atoms with Crippen molar-refractivity contribution >= 4 is 29.1 Å². The lowest BCUT2D eigenvalue weighted by Gasteiger charge is -2.17. The van der Waals surface area contributed by atoms with Crippen LogP contribution in [0.4, 0.5) is 0 Å². The van der Waals surface area contributed by atoms with Crippen molar-refractivity contribution < 1.29 is 9.53 Å². The molecule has 0 unspecified atom stereocenters. The summed E-state index contributed by atoms with van der Waals surface area (Å²) in [7, 11) is 1.66. The molecule has 2 rings (SSSR count). The predicted molar refractivity (Wildman–Crippen MR) is 80.9 cm³/mol. The fourth-order valence-corrected chi connectivity index (χ4v) is 1.87. The van der Waals surface area contributed by atoms with Gasteiger partial charge in [-0.2, -0.15) is 0 Å². The highest BCUT2D eigenvalue weighted by Crippen LogP contribution is 2.22. The number of ether oxygens (including phenoxy) is 1. The summed E-state index contributed by atoms with van der Waals surface area (Å²) in [5.41, 5.74) is 0.236. The second kappa shape index (κ2) is 7.24. The number of amides is 1. The third kappa shape index (κ3) is 4.31. The number of carbonyl (C=O) groups is 1. The van der Waals surface area contributed by atoms with E-state index in [0.717, 1.165) is 0 Å². The smallest absolute Gasteiger partial charge is 0.274 e. The fraction of sp³-hybridized carbons (Fsp3) is 0.214. The summed E-state index contributed by atoms with van der Waals surface area (Å²) < 4.78 is 5.53. The van der Waals surface area contributed by atoms with Crippen molar-refractivity contribution in [2.45, 2.75) is 0 Å². The molecule has 0 spiro atoms. The number of carbonyl (C=O) groups excluding carboxylic acids is 1. The van der Waals surface area contributed by atoms with Crippen LogP contribution >= 0.6 is 23.2 Å². The Bertz CT molecular complexity index is 620. The second-order valence-corrected chi connectivity index (χ2v) is 5.04. The Balaban J connectivity index is 1.87. The van der Waals surface area contributed by atoms with Crippen LogP contribution in [-0.4, -0.2) is 41.2 Å². The molecule has 110 valence electrons. The Morgan fingerprint density at radius 3 is 2.62 bits per heavy atom. The minimum atomic E-state index is -0.248. The van der Waals surface area contributed by atoms with Crippen molar-refractivity contribution in [3.63, 3.8) is 0 Å². The lowest BCUT2D eigenvalue weighted by molar-refractivity contribution is 0.0767. The molecule has 21 heavy (non-hydrogen) atoms. The van der Waals surface area contributed by atoms with Crippen molar-refractivity contribution in [3.8, 4) is 5.75 Å². The molecule has 1 aromatic heterocycles. The summed E-state index contributed by atoms with van der Waals surface area (Å²) in [5, 5.41) is 8.17. The van der Waals surface area contributed by atoms with Crippen molar-refractivity contribution in [1.82, 2.24) is 15.1 Å². The van der Waals surface area contributed by atoms with E-state index in [1.54, 1.807) is 19.2 Å². The number of halogens is 2. The lowest BCUT2D eigenvalue weighted by atomic mass is 10.3. The van der Waals surface area contributed by atoms with E-state index in [2.05, 4.69) is 10.2 Å². The van der Waals surface area contributed by atoms with Gasteiger partial charge < -0.3 is 9.64 Å². The van der Waals surface area contributed by atoms with E-state index in [-0.39, 0.29) is 16.8 Å². The normalized spacial score (nSPS) is 10.2. The maximum absolute atomic E-state index is 12.1. The van der Waals surface area contributed by atoms with Crippen LogP contribution in [0.2, 0.25) is 10.2 Å². The van der Waals surface area contributed by atoms with E-state index < -0.39 is 0 Å². The first kappa shape index (κ1) is 15.5. The van der Waals surface area contributed by atoms with Crippen LogP contribution in [0.5, 0.6) is 5.75 Å². The van der Waals surface area contributed by atoms with Crippen molar-refractivity contribution in [2.24, 2.45) is 0 Å². The molecule has 7 heteroatoms. The molecule has 1 amide bonds. The summed E-state index contributed by atoms with van der Waals surface area (Å²) in [6.07, 6.45) is 0. The van der Waals surface area contributed by atoms with Gasteiger partial charge in [0.25, 0.3) is 5.91 Å². The largest absolute Gasteiger partial charge is 0.490 e. The molecular formula is C14H13Cl2N3O2. The molecule has 0 N–H and O–H groups in total. The van der Waals surface area contributed by atoms with E-state index in [1.807, 2.05) is 12.1 Å². The SMILES string of the molecule is CN(CCOc1ccccc1Cl)C(=O)c1ccc(Cl)nn1. The van der Waals surface area contributed by atoms with Gasteiger partial charge in [-0.15, -0.1) is 10.2 Å². The lowest BCUT2D eigenvalue weighted by Crippen LogP contribution is -2.31. The van der Waals surface area contributed by atoms with Crippen LogP contribution in [0, 0.1) is 0 Å². The van der Waals surface area contributed by atoms with E-state index in [0.29, 0.717) is 23.9 Å². The Hall–Kier alpha value is -1.85. The van der Waals surface area contributed by atoms with Gasteiger partial charge >= 0.3 is 0 Å². The second-order valence-electron chi connectivity index (χ2n) is 4.25. The third-order valence-electron chi connectivity index (χ3n) is 2.72. The average molecular weight is 326 g/mol. The Labute approximate surface area is 132 Å². The molecule has 0 atom stereocenters. The van der Waals surface area contributed by atoms with Crippen LogP contribution in [0.3, 0.4) is 0 Å². The predicted octanol–water partition coefficient (Wildman–Crippen LogP) is 2.93. The summed E-state index contributed by atoms with van der Waals surface area (Å²) >= 11 is 11.6. The number of hydrogen-bond donors (Lipinski definition) is 0. The molecule has 5 nitrogen and oxygen atoms in total. The maximum Gasteiger partial charge on any atom is 0.274 e. The van der Waals surface area contributed by atoms with Crippen LogP contribution in [0.1, 0.15) is 10.5 Å². The Kier molecular flexibility index (Phi) is 5.36. The van der Waals surface area contributed by atoms with E-state index >= 15 is 0 Å². The molecule has 1 heterocycles. The van der Waals surface area contributed by atoms with Crippen molar-refractivity contribution in [2.75, 3.05) is 20.2 Å².